The first-order chi connectivity index (χ1) is 8.81. The van der Waals surface area contributed by atoms with Crippen LogP contribution < -0.4 is 5.73 Å². The minimum atomic E-state index is 0.168. The van der Waals surface area contributed by atoms with Crippen LogP contribution in [0, 0.1) is 29.6 Å². The zero-order valence-electron chi connectivity index (χ0n) is 10.8. The smallest absolute Gasteiger partial charge is 0.0574 e. The first kappa shape index (κ1) is 11.0. The lowest BCUT2D eigenvalue weighted by molar-refractivity contribution is -0.0476. The summed E-state index contributed by atoms with van der Waals surface area (Å²) in [5.41, 5.74) is 7.66. The molecule has 0 amide bonds. The molecule has 96 valence electrons. The Labute approximate surface area is 109 Å². The maximum atomic E-state index is 6.56. The lowest BCUT2D eigenvalue weighted by atomic mass is 9.50. The molecule has 1 aromatic heterocycles. The van der Waals surface area contributed by atoms with Crippen molar-refractivity contribution >= 4 is 0 Å². The summed E-state index contributed by atoms with van der Waals surface area (Å²) in [7, 11) is 0. The van der Waals surface area contributed by atoms with E-state index in [-0.39, 0.29) is 6.04 Å². The monoisotopic (exact) mass is 242 g/mol. The number of nitrogens with zero attached hydrogens (tertiary/aromatic N) is 1. The van der Waals surface area contributed by atoms with E-state index < -0.39 is 0 Å². The van der Waals surface area contributed by atoms with Crippen LogP contribution in [0.2, 0.25) is 0 Å². The van der Waals surface area contributed by atoms with E-state index in [2.05, 4.69) is 17.1 Å². The summed E-state index contributed by atoms with van der Waals surface area (Å²) >= 11 is 0. The Hall–Kier alpha value is -0.890. The third kappa shape index (κ3) is 1.62. The van der Waals surface area contributed by atoms with Gasteiger partial charge in [-0.3, -0.25) is 4.98 Å². The number of pyridine rings is 1. The summed E-state index contributed by atoms with van der Waals surface area (Å²) in [6, 6.07) is 6.32. The van der Waals surface area contributed by atoms with E-state index in [4.69, 9.17) is 5.73 Å². The Balaban J connectivity index is 1.61. The summed E-state index contributed by atoms with van der Waals surface area (Å²) in [5, 5.41) is 0. The van der Waals surface area contributed by atoms with Gasteiger partial charge >= 0.3 is 0 Å². The predicted octanol–water partition coefficient (Wildman–Crippen LogP) is 3.15. The van der Waals surface area contributed by atoms with Crippen molar-refractivity contribution in [3.63, 3.8) is 0 Å². The highest BCUT2D eigenvalue weighted by Gasteiger charge is 2.50. The molecule has 0 spiro atoms. The van der Waals surface area contributed by atoms with E-state index in [1.165, 1.54) is 32.1 Å². The molecule has 4 bridgehead atoms. The average molecular weight is 242 g/mol. The molecule has 4 saturated carbocycles. The lowest BCUT2D eigenvalue weighted by Crippen LogP contribution is -2.48. The van der Waals surface area contributed by atoms with Gasteiger partial charge < -0.3 is 5.73 Å². The summed E-state index contributed by atoms with van der Waals surface area (Å²) < 4.78 is 0. The Kier molecular flexibility index (Phi) is 2.47. The van der Waals surface area contributed by atoms with Gasteiger partial charge in [-0.05, 0) is 73.8 Å². The van der Waals surface area contributed by atoms with Gasteiger partial charge in [-0.25, -0.2) is 0 Å². The minimum absolute atomic E-state index is 0.168. The summed E-state index contributed by atoms with van der Waals surface area (Å²) in [4.78, 5) is 4.49. The SMILES string of the molecule is NC(c1ccccn1)C1C2CC3CC(C2)CC1C3. The standard InChI is InChI=1S/C16H22N2/c17-16(14-3-1-2-4-18-14)15-12-6-10-5-11(8-12)9-13(15)7-10/h1-4,10-13,15-16H,5-9,17H2. The first-order valence-corrected chi connectivity index (χ1v) is 7.47. The Morgan fingerprint density at radius 1 is 1.00 bits per heavy atom. The number of rotatable bonds is 2. The first-order valence-electron chi connectivity index (χ1n) is 7.47. The maximum absolute atomic E-state index is 6.56. The Bertz CT molecular complexity index is 400. The molecule has 2 heteroatoms. The van der Waals surface area contributed by atoms with Crippen molar-refractivity contribution in [1.29, 1.82) is 0 Å². The van der Waals surface area contributed by atoms with Gasteiger partial charge in [-0.1, -0.05) is 6.07 Å². The van der Waals surface area contributed by atoms with Crippen molar-refractivity contribution in [2.75, 3.05) is 0 Å². The van der Waals surface area contributed by atoms with Crippen LogP contribution in [0.3, 0.4) is 0 Å². The van der Waals surface area contributed by atoms with Crippen molar-refractivity contribution in [2.24, 2.45) is 35.3 Å². The number of nitrogens with two attached hydrogens (primary N) is 1. The summed E-state index contributed by atoms with van der Waals surface area (Å²) in [5.74, 6) is 4.53. The molecular weight excluding hydrogens is 220 g/mol. The molecule has 0 aromatic carbocycles. The largest absolute Gasteiger partial charge is 0.322 e. The average Bonchev–Trinajstić information content (AvgIpc) is 2.38. The fraction of sp³-hybridized carbons (Fsp3) is 0.688. The Morgan fingerprint density at radius 2 is 1.67 bits per heavy atom. The van der Waals surface area contributed by atoms with Crippen molar-refractivity contribution in [1.82, 2.24) is 4.98 Å². The number of hydrogen-bond donors (Lipinski definition) is 1. The van der Waals surface area contributed by atoms with E-state index >= 15 is 0 Å². The third-order valence-electron chi connectivity index (χ3n) is 5.74. The molecule has 4 fully saturated rings. The molecule has 4 aliphatic rings. The van der Waals surface area contributed by atoms with Gasteiger partial charge in [-0.15, -0.1) is 0 Å². The van der Waals surface area contributed by atoms with Crippen molar-refractivity contribution in [3.05, 3.63) is 30.1 Å². The molecule has 18 heavy (non-hydrogen) atoms. The molecule has 0 saturated heterocycles. The summed E-state index contributed by atoms with van der Waals surface area (Å²) in [6.07, 6.45) is 9.16. The number of aromatic nitrogens is 1. The molecule has 4 aliphatic carbocycles. The van der Waals surface area contributed by atoms with E-state index in [0.717, 1.165) is 29.4 Å². The molecule has 1 unspecified atom stereocenters. The van der Waals surface area contributed by atoms with Gasteiger partial charge in [-0.2, -0.15) is 0 Å². The van der Waals surface area contributed by atoms with E-state index in [0.29, 0.717) is 5.92 Å². The number of hydrogen-bond acceptors (Lipinski definition) is 2. The zero-order valence-corrected chi connectivity index (χ0v) is 10.8. The highest BCUT2D eigenvalue weighted by molar-refractivity contribution is 5.13. The van der Waals surface area contributed by atoms with Gasteiger partial charge in [0.1, 0.15) is 0 Å². The second-order valence-corrected chi connectivity index (χ2v) is 6.79. The molecule has 1 heterocycles. The van der Waals surface area contributed by atoms with Crippen molar-refractivity contribution in [3.8, 4) is 0 Å². The quantitative estimate of drug-likeness (QED) is 0.865. The van der Waals surface area contributed by atoms with Gasteiger partial charge in [0.05, 0.1) is 11.7 Å². The minimum Gasteiger partial charge on any atom is -0.322 e. The fourth-order valence-electron chi connectivity index (χ4n) is 5.32. The van der Waals surface area contributed by atoms with Crippen LogP contribution in [-0.4, -0.2) is 4.98 Å². The zero-order chi connectivity index (χ0) is 12.1. The Morgan fingerprint density at radius 3 is 2.22 bits per heavy atom. The van der Waals surface area contributed by atoms with Crippen LogP contribution in [0.15, 0.2) is 24.4 Å². The van der Waals surface area contributed by atoms with Gasteiger partial charge in [0, 0.05) is 6.20 Å². The highest BCUT2D eigenvalue weighted by Crippen LogP contribution is 2.58. The highest BCUT2D eigenvalue weighted by atomic mass is 14.8. The predicted molar refractivity (Wildman–Crippen MR) is 71.7 cm³/mol. The molecular formula is C16H22N2. The molecule has 5 rings (SSSR count). The van der Waals surface area contributed by atoms with Crippen LogP contribution in [0.25, 0.3) is 0 Å². The van der Waals surface area contributed by atoms with Crippen molar-refractivity contribution in [2.45, 2.75) is 38.1 Å². The second-order valence-electron chi connectivity index (χ2n) is 6.79. The molecule has 2 N–H and O–H groups in total. The van der Waals surface area contributed by atoms with Crippen molar-refractivity contribution < 1.29 is 0 Å². The molecule has 0 aliphatic heterocycles. The summed E-state index contributed by atoms with van der Waals surface area (Å²) in [6.45, 7) is 0. The van der Waals surface area contributed by atoms with Crippen LogP contribution >= 0.6 is 0 Å². The third-order valence-corrected chi connectivity index (χ3v) is 5.74. The second kappa shape index (κ2) is 4.06. The van der Waals surface area contributed by atoms with Gasteiger partial charge in [0.15, 0.2) is 0 Å². The molecule has 2 nitrogen and oxygen atoms in total. The lowest BCUT2D eigenvalue weighted by Gasteiger charge is -2.55. The maximum Gasteiger partial charge on any atom is 0.0574 e. The van der Waals surface area contributed by atoms with Gasteiger partial charge in [0.2, 0.25) is 0 Å². The van der Waals surface area contributed by atoms with E-state index in [1.807, 2.05) is 12.3 Å². The topological polar surface area (TPSA) is 38.9 Å². The fourth-order valence-corrected chi connectivity index (χ4v) is 5.32. The van der Waals surface area contributed by atoms with E-state index in [1.54, 1.807) is 0 Å². The van der Waals surface area contributed by atoms with Gasteiger partial charge in [0.25, 0.3) is 0 Å². The van der Waals surface area contributed by atoms with Crippen LogP contribution in [0.5, 0.6) is 0 Å². The van der Waals surface area contributed by atoms with Crippen LogP contribution in [0.1, 0.15) is 43.8 Å². The molecule has 1 atom stereocenters. The molecule has 0 radical (unpaired) electrons. The van der Waals surface area contributed by atoms with Crippen LogP contribution in [-0.2, 0) is 0 Å². The molecule has 1 aromatic rings. The normalized spacial score (nSPS) is 43.1. The van der Waals surface area contributed by atoms with E-state index in [9.17, 15) is 0 Å². The van der Waals surface area contributed by atoms with Crippen LogP contribution in [0.4, 0.5) is 0 Å².